The Balaban J connectivity index is 1.27. The van der Waals surface area contributed by atoms with E-state index in [4.69, 9.17) is 0 Å². The first kappa shape index (κ1) is 21.7. The fraction of sp³-hybridized carbons (Fsp3) is 0.208. The Kier molecular flexibility index (Phi) is 5.67. The molecule has 1 aliphatic rings. The number of nitrogens with zero attached hydrogens (tertiary/aromatic N) is 4. The minimum absolute atomic E-state index is 0.273. The van der Waals surface area contributed by atoms with Gasteiger partial charge in [-0.15, -0.1) is 11.3 Å². The third-order valence-electron chi connectivity index (χ3n) is 5.53. The van der Waals surface area contributed by atoms with Crippen molar-refractivity contribution in [3.05, 3.63) is 87.8 Å². The summed E-state index contributed by atoms with van der Waals surface area (Å²) in [4.78, 5) is 15.9. The van der Waals surface area contributed by atoms with Gasteiger partial charge >= 0.3 is 6.18 Å². The Morgan fingerprint density at radius 2 is 1.67 bits per heavy atom. The summed E-state index contributed by atoms with van der Waals surface area (Å²) in [6.07, 6.45) is -1.88. The number of halogens is 4. The van der Waals surface area contributed by atoms with Gasteiger partial charge in [-0.3, -0.25) is 4.90 Å². The summed E-state index contributed by atoms with van der Waals surface area (Å²) >= 11 is 1.57. The van der Waals surface area contributed by atoms with Crippen molar-refractivity contribution in [1.29, 1.82) is 0 Å². The quantitative estimate of drug-likeness (QED) is 0.344. The van der Waals surface area contributed by atoms with E-state index in [0.29, 0.717) is 24.5 Å². The van der Waals surface area contributed by atoms with Crippen molar-refractivity contribution in [2.45, 2.75) is 25.7 Å². The fourth-order valence-electron chi connectivity index (χ4n) is 3.78. The molecule has 0 aliphatic carbocycles. The minimum Gasteiger partial charge on any atom is -0.292 e. The number of hydrogen-bond donors (Lipinski definition) is 0. The van der Waals surface area contributed by atoms with E-state index in [-0.39, 0.29) is 5.82 Å². The van der Waals surface area contributed by atoms with E-state index in [1.54, 1.807) is 29.7 Å². The van der Waals surface area contributed by atoms with E-state index in [2.05, 4.69) is 19.9 Å². The smallest absolute Gasteiger partial charge is 0.292 e. The molecular formula is C24H18F4N4S. The average molecular weight is 470 g/mol. The predicted octanol–water partition coefficient (Wildman–Crippen LogP) is 5.98. The number of fused-ring (bicyclic) bond motifs is 1. The van der Waals surface area contributed by atoms with Gasteiger partial charge in [0, 0.05) is 47.8 Å². The van der Waals surface area contributed by atoms with E-state index < -0.39 is 11.7 Å². The first-order valence-electron chi connectivity index (χ1n) is 10.3. The van der Waals surface area contributed by atoms with Gasteiger partial charge in [0.1, 0.15) is 10.8 Å². The number of rotatable bonds is 4. The molecule has 4 aromatic rings. The second-order valence-electron chi connectivity index (χ2n) is 7.83. The highest BCUT2D eigenvalue weighted by Gasteiger charge is 2.30. The maximum Gasteiger partial charge on any atom is 0.416 e. The van der Waals surface area contributed by atoms with Crippen LogP contribution >= 0.6 is 11.3 Å². The topological polar surface area (TPSA) is 41.9 Å². The van der Waals surface area contributed by atoms with E-state index >= 15 is 0 Å². The fourth-order valence-corrected chi connectivity index (χ4v) is 4.63. The molecule has 5 rings (SSSR count). The van der Waals surface area contributed by atoms with E-state index in [1.165, 1.54) is 24.3 Å². The molecule has 0 radical (unpaired) electrons. The molecule has 2 aromatic heterocycles. The standard InChI is InChI=1S/C24H18F4N4S/c25-19-7-3-15(4-8-19)21-14-33-22(30-21)13-32-10-9-20-17(12-32)11-29-23(31-20)16-1-5-18(6-2-16)24(26,27)28/h1-8,11,14H,9-10,12-13H2. The van der Waals surface area contributed by atoms with Gasteiger partial charge in [-0.25, -0.2) is 19.3 Å². The third kappa shape index (κ3) is 4.79. The summed E-state index contributed by atoms with van der Waals surface area (Å²) < 4.78 is 51.5. The van der Waals surface area contributed by atoms with Crippen molar-refractivity contribution in [2.75, 3.05) is 6.54 Å². The normalized spacial score (nSPS) is 14.3. The molecule has 1 aliphatic heterocycles. The largest absolute Gasteiger partial charge is 0.416 e. The van der Waals surface area contributed by atoms with Crippen LogP contribution in [0.25, 0.3) is 22.6 Å². The molecule has 9 heteroatoms. The lowest BCUT2D eigenvalue weighted by molar-refractivity contribution is -0.137. The molecule has 0 saturated carbocycles. The van der Waals surface area contributed by atoms with Gasteiger partial charge in [-0.2, -0.15) is 13.2 Å². The van der Waals surface area contributed by atoms with Crippen LogP contribution in [0.5, 0.6) is 0 Å². The van der Waals surface area contributed by atoms with Crippen LogP contribution in [0.15, 0.2) is 60.1 Å². The van der Waals surface area contributed by atoms with Gasteiger partial charge < -0.3 is 0 Å². The highest BCUT2D eigenvalue weighted by molar-refractivity contribution is 7.09. The van der Waals surface area contributed by atoms with Crippen LogP contribution in [-0.2, 0) is 25.7 Å². The molecule has 3 heterocycles. The van der Waals surface area contributed by atoms with Gasteiger partial charge in [0.05, 0.1) is 23.5 Å². The molecule has 2 aromatic carbocycles. The zero-order chi connectivity index (χ0) is 23.0. The van der Waals surface area contributed by atoms with Gasteiger partial charge in [-0.1, -0.05) is 12.1 Å². The van der Waals surface area contributed by atoms with Crippen molar-refractivity contribution in [3.8, 4) is 22.6 Å². The second kappa shape index (κ2) is 8.64. The molecular weight excluding hydrogens is 452 g/mol. The SMILES string of the molecule is Fc1ccc(-c2csc(CN3CCc4nc(-c5ccc(C(F)(F)F)cc5)ncc4C3)n2)cc1. The maximum absolute atomic E-state index is 13.1. The van der Waals surface area contributed by atoms with Crippen LogP contribution in [0.4, 0.5) is 17.6 Å². The molecule has 33 heavy (non-hydrogen) atoms. The summed E-state index contributed by atoms with van der Waals surface area (Å²) in [5, 5.41) is 2.94. The molecule has 0 saturated heterocycles. The van der Waals surface area contributed by atoms with Crippen LogP contribution in [0, 0.1) is 5.82 Å². The van der Waals surface area contributed by atoms with Gasteiger partial charge in [-0.05, 0) is 36.4 Å². The number of alkyl halides is 3. The van der Waals surface area contributed by atoms with Crippen molar-refractivity contribution in [3.63, 3.8) is 0 Å². The Labute approximate surface area is 191 Å². The van der Waals surface area contributed by atoms with Crippen molar-refractivity contribution < 1.29 is 17.6 Å². The molecule has 0 amide bonds. The first-order valence-corrected chi connectivity index (χ1v) is 11.2. The zero-order valence-corrected chi connectivity index (χ0v) is 18.1. The van der Waals surface area contributed by atoms with Crippen molar-refractivity contribution in [2.24, 2.45) is 0 Å². The summed E-state index contributed by atoms with van der Waals surface area (Å²) in [6, 6.07) is 11.2. The van der Waals surface area contributed by atoms with Crippen LogP contribution in [0.2, 0.25) is 0 Å². The van der Waals surface area contributed by atoms with E-state index in [9.17, 15) is 17.6 Å². The first-order chi connectivity index (χ1) is 15.8. The lowest BCUT2D eigenvalue weighted by Crippen LogP contribution is -2.30. The number of thiazole rings is 1. The molecule has 0 N–H and O–H groups in total. The van der Waals surface area contributed by atoms with E-state index in [1.807, 2.05) is 5.38 Å². The van der Waals surface area contributed by atoms with Gasteiger partial charge in [0.25, 0.3) is 0 Å². The minimum atomic E-state index is -4.37. The lowest BCUT2D eigenvalue weighted by Gasteiger charge is -2.27. The maximum atomic E-state index is 13.1. The summed E-state index contributed by atoms with van der Waals surface area (Å²) in [5.41, 5.74) is 3.51. The summed E-state index contributed by atoms with van der Waals surface area (Å²) in [7, 11) is 0. The average Bonchev–Trinajstić information content (AvgIpc) is 3.27. The van der Waals surface area contributed by atoms with Crippen molar-refractivity contribution in [1.82, 2.24) is 19.9 Å². The van der Waals surface area contributed by atoms with Crippen LogP contribution in [-0.4, -0.2) is 26.4 Å². The van der Waals surface area contributed by atoms with Gasteiger partial charge in [0.15, 0.2) is 5.82 Å². The van der Waals surface area contributed by atoms with E-state index in [0.717, 1.165) is 52.6 Å². The van der Waals surface area contributed by atoms with Crippen LogP contribution in [0.1, 0.15) is 21.8 Å². The zero-order valence-electron chi connectivity index (χ0n) is 17.3. The highest BCUT2D eigenvalue weighted by Crippen LogP contribution is 2.31. The molecule has 0 bridgehead atoms. The second-order valence-corrected chi connectivity index (χ2v) is 8.78. The Hall–Kier alpha value is -3.17. The third-order valence-corrected chi connectivity index (χ3v) is 6.37. The lowest BCUT2D eigenvalue weighted by atomic mass is 10.1. The Bertz CT molecular complexity index is 1270. The molecule has 0 fully saturated rings. The number of benzene rings is 2. The Morgan fingerprint density at radius 3 is 2.39 bits per heavy atom. The molecule has 4 nitrogen and oxygen atoms in total. The van der Waals surface area contributed by atoms with Crippen LogP contribution in [0.3, 0.4) is 0 Å². The molecule has 0 atom stereocenters. The van der Waals surface area contributed by atoms with Crippen LogP contribution < -0.4 is 0 Å². The van der Waals surface area contributed by atoms with Crippen molar-refractivity contribution >= 4 is 11.3 Å². The molecule has 0 spiro atoms. The highest BCUT2D eigenvalue weighted by atomic mass is 32.1. The Morgan fingerprint density at radius 1 is 0.939 bits per heavy atom. The molecule has 0 unspecified atom stereocenters. The number of aromatic nitrogens is 3. The summed E-state index contributed by atoms with van der Waals surface area (Å²) in [6.45, 7) is 2.15. The predicted molar refractivity (Wildman–Crippen MR) is 118 cm³/mol. The monoisotopic (exact) mass is 470 g/mol. The molecule has 168 valence electrons. The van der Waals surface area contributed by atoms with Gasteiger partial charge in [0.2, 0.25) is 0 Å². The number of hydrogen-bond acceptors (Lipinski definition) is 5. The summed E-state index contributed by atoms with van der Waals surface area (Å²) in [5.74, 6) is 0.157.